The fraction of sp³-hybridized carbons (Fsp3) is 0.583. The topological polar surface area (TPSA) is 84.2 Å². The lowest BCUT2D eigenvalue weighted by atomic mass is 10.2. The normalized spacial score (nSPS) is 19.3. The maximum absolute atomic E-state index is 12.2. The van der Waals surface area contributed by atoms with E-state index in [1.165, 1.54) is 10.8 Å². The number of aryl methyl sites for hydroxylation is 1. The van der Waals surface area contributed by atoms with E-state index in [0.29, 0.717) is 24.4 Å². The molecule has 0 saturated heterocycles. The van der Waals surface area contributed by atoms with Crippen molar-refractivity contribution in [3.63, 3.8) is 0 Å². The zero-order valence-electron chi connectivity index (χ0n) is 10.5. The maximum atomic E-state index is 12.2. The summed E-state index contributed by atoms with van der Waals surface area (Å²) in [6.07, 6.45) is 3.36. The van der Waals surface area contributed by atoms with Crippen LogP contribution in [0.15, 0.2) is 11.0 Å². The Kier molecular flexibility index (Phi) is 3.36. The van der Waals surface area contributed by atoms with Crippen LogP contribution in [0.25, 0.3) is 0 Å². The van der Waals surface area contributed by atoms with Crippen molar-refractivity contribution in [2.75, 3.05) is 5.32 Å². The first-order chi connectivity index (χ1) is 8.54. The van der Waals surface area contributed by atoms with Crippen molar-refractivity contribution in [3.05, 3.63) is 22.4 Å². The Morgan fingerprint density at radius 2 is 2.44 bits per heavy atom. The van der Waals surface area contributed by atoms with E-state index in [1.54, 1.807) is 0 Å². The van der Waals surface area contributed by atoms with E-state index in [0.717, 1.165) is 6.42 Å². The highest BCUT2D eigenvalue weighted by atomic mass is 16.4. The van der Waals surface area contributed by atoms with Crippen molar-refractivity contribution >= 4 is 11.7 Å². The van der Waals surface area contributed by atoms with Crippen LogP contribution in [-0.2, 0) is 11.2 Å². The van der Waals surface area contributed by atoms with Crippen LogP contribution >= 0.6 is 0 Å². The third-order valence-corrected chi connectivity index (χ3v) is 3.32. The van der Waals surface area contributed by atoms with Gasteiger partial charge >= 0.3 is 5.97 Å². The molecule has 2 rings (SSSR count). The van der Waals surface area contributed by atoms with E-state index in [9.17, 15) is 9.59 Å². The van der Waals surface area contributed by atoms with E-state index < -0.39 is 12.0 Å². The van der Waals surface area contributed by atoms with E-state index in [-0.39, 0.29) is 11.6 Å². The molecule has 0 amide bonds. The summed E-state index contributed by atoms with van der Waals surface area (Å²) in [5, 5.41) is 12.2. The second-order valence-electron chi connectivity index (χ2n) is 4.61. The number of aliphatic carboxylic acids is 1. The van der Waals surface area contributed by atoms with Crippen molar-refractivity contribution in [2.45, 2.75) is 45.2 Å². The van der Waals surface area contributed by atoms with Crippen molar-refractivity contribution in [1.29, 1.82) is 0 Å². The molecule has 0 aromatic carbocycles. The molecule has 98 valence electrons. The summed E-state index contributed by atoms with van der Waals surface area (Å²) < 4.78 is 1.30. The molecule has 0 radical (unpaired) electrons. The molecule has 2 N–H and O–H groups in total. The second kappa shape index (κ2) is 4.80. The molecule has 1 aliphatic rings. The van der Waals surface area contributed by atoms with E-state index in [4.69, 9.17) is 5.11 Å². The standard InChI is InChI=1S/C12H17N3O3/c1-3-7(2)14-8-6-13-10-5-4-9(12(17)18)15(10)11(8)16/h6-7,9,14H,3-5H2,1-2H3,(H,17,18). The quantitative estimate of drug-likeness (QED) is 0.834. The van der Waals surface area contributed by atoms with Crippen LogP contribution < -0.4 is 10.9 Å². The van der Waals surface area contributed by atoms with E-state index >= 15 is 0 Å². The summed E-state index contributed by atoms with van der Waals surface area (Å²) in [5.41, 5.74) is 0.0893. The minimum Gasteiger partial charge on any atom is -0.480 e. The molecule has 0 saturated carbocycles. The van der Waals surface area contributed by atoms with E-state index in [1.807, 2.05) is 13.8 Å². The number of aromatic nitrogens is 2. The van der Waals surface area contributed by atoms with Crippen LogP contribution in [0.4, 0.5) is 5.69 Å². The zero-order chi connectivity index (χ0) is 13.3. The number of carbonyl (C=O) groups is 1. The molecular formula is C12H17N3O3. The van der Waals surface area contributed by atoms with Gasteiger partial charge in [-0.25, -0.2) is 9.78 Å². The van der Waals surface area contributed by atoms with Crippen molar-refractivity contribution in [1.82, 2.24) is 9.55 Å². The second-order valence-corrected chi connectivity index (χ2v) is 4.61. The summed E-state index contributed by atoms with van der Waals surface area (Å²) in [7, 11) is 0. The molecule has 0 aliphatic carbocycles. The Morgan fingerprint density at radius 3 is 3.06 bits per heavy atom. The van der Waals surface area contributed by atoms with Crippen molar-refractivity contribution in [3.8, 4) is 0 Å². The monoisotopic (exact) mass is 251 g/mol. The number of nitrogens with zero attached hydrogens (tertiary/aromatic N) is 2. The van der Waals surface area contributed by atoms with Gasteiger partial charge in [-0.1, -0.05) is 6.92 Å². The van der Waals surface area contributed by atoms with Crippen LogP contribution in [0.3, 0.4) is 0 Å². The van der Waals surface area contributed by atoms with Gasteiger partial charge in [0, 0.05) is 12.5 Å². The lowest BCUT2D eigenvalue weighted by Crippen LogP contribution is -2.31. The lowest BCUT2D eigenvalue weighted by Gasteiger charge is -2.15. The minimum atomic E-state index is -0.974. The van der Waals surface area contributed by atoms with Gasteiger partial charge in [-0.3, -0.25) is 9.36 Å². The minimum absolute atomic E-state index is 0.155. The van der Waals surface area contributed by atoms with Crippen LogP contribution in [0.5, 0.6) is 0 Å². The third kappa shape index (κ3) is 2.10. The zero-order valence-corrected chi connectivity index (χ0v) is 10.5. The largest absolute Gasteiger partial charge is 0.480 e. The summed E-state index contributed by atoms with van der Waals surface area (Å²) in [6, 6.07) is -0.624. The molecule has 1 aromatic heterocycles. The van der Waals surface area contributed by atoms with Crippen LogP contribution in [0, 0.1) is 0 Å². The highest BCUT2D eigenvalue weighted by Crippen LogP contribution is 2.23. The number of carboxylic acid groups (broad SMARTS) is 1. The Bertz CT molecular complexity index is 524. The fourth-order valence-electron chi connectivity index (χ4n) is 2.11. The number of anilines is 1. The van der Waals surface area contributed by atoms with Gasteiger partial charge in [0.2, 0.25) is 0 Å². The van der Waals surface area contributed by atoms with Gasteiger partial charge in [0.05, 0.1) is 6.20 Å². The van der Waals surface area contributed by atoms with Gasteiger partial charge < -0.3 is 10.4 Å². The number of hydrogen-bond donors (Lipinski definition) is 2. The molecule has 0 spiro atoms. The van der Waals surface area contributed by atoms with Crippen molar-refractivity contribution in [2.24, 2.45) is 0 Å². The summed E-state index contributed by atoms with van der Waals surface area (Å²) in [4.78, 5) is 27.5. The maximum Gasteiger partial charge on any atom is 0.326 e. The number of carboxylic acids is 1. The summed E-state index contributed by atoms with van der Waals surface area (Å²) in [5.74, 6) is -0.416. The molecule has 6 heteroatoms. The first kappa shape index (κ1) is 12.6. The smallest absolute Gasteiger partial charge is 0.326 e. The molecule has 1 aliphatic heterocycles. The lowest BCUT2D eigenvalue weighted by molar-refractivity contribution is -0.140. The third-order valence-electron chi connectivity index (χ3n) is 3.32. The molecule has 0 fully saturated rings. The molecule has 2 unspecified atom stereocenters. The van der Waals surface area contributed by atoms with Gasteiger partial charge in [0.1, 0.15) is 17.6 Å². The van der Waals surface area contributed by atoms with Gasteiger partial charge in [-0.05, 0) is 19.8 Å². The molecule has 0 bridgehead atoms. The number of fused-ring (bicyclic) bond motifs is 1. The fourth-order valence-corrected chi connectivity index (χ4v) is 2.11. The first-order valence-electron chi connectivity index (χ1n) is 6.14. The van der Waals surface area contributed by atoms with Crippen LogP contribution in [0.2, 0.25) is 0 Å². The Morgan fingerprint density at radius 1 is 1.72 bits per heavy atom. The highest BCUT2D eigenvalue weighted by molar-refractivity contribution is 5.72. The van der Waals surface area contributed by atoms with Gasteiger partial charge in [0.25, 0.3) is 5.56 Å². The summed E-state index contributed by atoms with van der Waals surface area (Å²) >= 11 is 0. The SMILES string of the molecule is CCC(C)Nc1cnc2n(c1=O)C(C(=O)O)CC2. The van der Waals surface area contributed by atoms with Gasteiger partial charge in [-0.2, -0.15) is 0 Å². The predicted octanol–water partition coefficient (Wildman–Crippen LogP) is 1.03. The Labute approximate surface area is 105 Å². The Hall–Kier alpha value is -1.85. The highest BCUT2D eigenvalue weighted by Gasteiger charge is 2.30. The molecule has 18 heavy (non-hydrogen) atoms. The summed E-state index contributed by atoms with van der Waals surface area (Å²) in [6.45, 7) is 3.97. The molecular weight excluding hydrogens is 234 g/mol. The van der Waals surface area contributed by atoms with Gasteiger partial charge in [-0.15, -0.1) is 0 Å². The molecule has 1 aromatic rings. The van der Waals surface area contributed by atoms with Crippen molar-refractivity contribution < 1.29 is 9.90 Å². The molecule has 2 heterocycles. The average molecular weight is 251 g/mol. The van der Waals surface area contributed by atoms with Crippen LogP contribution in [0.1, 0.15) is 38.6 Å². The molecule has 2 atom stereocenters. The predicted molar refractivity (Wildman–Crippen MR) is 66.9 cm³/mol. The Balaban J connectivity index is 2.41. The van der Waals surface area contributed by atoms with Gasteiger partial charge in [0.15, 0.2) is 0 Å². The number of nitrogens with one attached hydrogen (secondary N) is 1. The average Bonchev–Trinajstić information content (AvgIpc) is 2.77. The number of hydrogen-bond acceptors (Lipinski definition) is 4. The van der Waals surface area contributed by atoms with Crippen LogP contribution in [-0.4, -0.2) is 26.7 Å². The van der Waals surface area contributed by atoms with E-state index in [2.05, 4.69) is 10.3 Å². The number of rotatable bonds is 4. The first-order valence-corrected chi connectivity index (χ1v) is 6.14. The molecule has 6 nitrogen and oxygen atoms in total.